The molecule has 1 aromatic carbocycles. The van der Waals surface area contributed by atoms with Crippen molar-refractivity contribution in [1.29, 1.82) is 0 Å². The summed E-state index contributed by atoms with van der Waals surface area (Å²) in [6.07, 6.45) is 1.75. The van der Waals surface area contributed by atoms with Crippen molar-refractivity contribution in [3.05, 3.63) is 60.0 Å². The van der Waals surface area contributed by atoms with Gasteiger partial charge in [-0.25, -0.2) is 14.6 Å². The number of aromatic nitrogens is 6. The smallest absolute Gasteiger partial charge is 0.404 e. The molecule has 0 amide bonds. The molecule has 0 saturated heterocycles. The Balaban J connectivity index is 1.41. The third-order valence-corrected chi connectivity index (χ3v) is 4.85. The number of pyridine rings is 1. The van der Waals surface area contributed by atoms with Gasteiger partial charge >= 0.3 is 6.04 Å². The minimum atomic E-state index is -2.20. The van der Waals surface area contributed by atoms with E-state index in [1.807, 2.05) is 18.2 Å². The zero-order valence-electron chi connectivity index (χ0n) is 17.9. The molecule has 0 radical (unpaired) electrons. The fourth-order valence-corrected chi connectivity index (χ4v) is 3.49. The summed E-state index contributed by atoms with van der Waals surface area (Å²) in [5, 5.41) is 8.39. The normalized spacial score (nSPS) is 16.8. The highest BCUT2D eigenvalue weighted by atomic mass is 19.2. The Labute approximate surface area is 188 Å². The fraction of sp³-hybridized carbons (Fsp3) is 0.227. The van der Waals surface area contributed by atoms with E-state index in [-0.39, 0.29) is 11.7 Å². The molecule has 3 aromatic heterocycles. The first-order chi connectivity index (χ1) is 15.9. The number of benzene rings is 1. The van der Waals surface area contributed by atoms with Gasteiger partial charge in [-0.15, -0.1) is 5.10 Å². The van der Waals surface area contributed by atoms with E-state index < -0.39 is 6.04 Å². The summed E-state index contributed by atoms with van der Waals surface area (Å²) in [6.45, 7) is 2.06. The number of hydrogen-bond donors (Lipinski definition) is 1. The minimum absolute atomic E-state index is 0.0685. The molecule has 1 aliphatic rings. The zero-order valence-corrected chi connectivity index (χ0v) is 17.9. The molecule has 0 fully saturated rings. The zero-order chi connectivity index (χ0) is 23.0. The Hall–Kier alpha value is -4.12. The van der Waals surface area contributed by atoms with Crippen LogP contribution in [-0.2, 0) is 17.9 Å². The number of halogens is 1. The van der Waals surface area contributed by atoms with Crippen molar-refractivity contribution >= 4 is 5.95 Å². The maximum Gasteiger partial charge on any atom is 0.404 e. The summed E-state index contributed by atoms with van der Waals surface area (Å²) in [6, 6.07) is 10.3. The highest BCUT2D eigenvalue weighted by Crippen LogP contribution is 2.42. The minimum Gasteiger partial charge on any atom is -0.423 e. The van der Waals surface area contributed by atoms with Crippen molar-refractivity contribution in [2.24, 2.45) is 0 Å². The number of anilines is 1. The summed E-state index contributed by atoms with van der Waals surface area (Å²) in [7, 11) is 1.63. The van der Waals surface area contributed by atoms with Crippen LogP contribution in [0.1, 0.15) is 18.3 Å². The summed E-state index contributed by atoms with van der Waals surface area (Å²) >= 11 is 0. The summed E-state index contributed by atoms with van der Waals surface area (Å²) < 4.78 is 31.1. The van der Waals surface area contributed by atoms with Crippen molar-refractivity contribution in [1.82, 2.24) is 29.9 Å². The van der Waals surface area contributed by atoms with Gasteiger partial charge in [-0.3, -0.25) is 4.98 Å². The van der Waals surface area contributed by atoms with Crippen molar-refractivity contribution in [3.8, 4) is 34.1 Å². The van der Waals surface area contributed by atoms with Crippen LogP contribution in [-0.4, -0.2) is 43.1 Å². The van der Waals surface area contributed by atoms with Gasteiger partial charge in [0, 0.05) is 19.6 Å². The van der Waals surface area contributed by atoms with Crippen LogP contribution < -0.4 is 15.2 Å². The average Bonchev–Trinajstić information content (AvgIpc) is 3.35. The van der Waals surface area contributed by atoms with E-state index in [1.165, 1.54) is 6.92 Å². The van der Waals surface area contributed by atoms with Gasteiger partial charge in [0.15, 0.2) is 11.5 Å². The molecule has 1 unspecified atom stereocenters. The lowest BCUT2D eigenvalue weighted by atomic mass is 10.1. The Kier molecular flexibility index (Phi) is 5.09. The van der Waals surface area contributed by atoms with Crippen molar-refractivity contribution in [2.45, 2.75) is 26.1 Å². The second-order valence-electron chi connectivity index (χ2n) is 7.55. The lowest BCUT2D eigenvalue weighted by molar-refractivity contribution is -0.173. The van der Waals surface area contributed by atoms with E-state index in [1.54, 1.807) is 42.3 Å². The lowest BCUT2D eigenvalue weighted by Crippen LogP contribution is -2.27. The molecule has 4 aromatic rings. The summed E-state index contributed by atoms with van der Waals surface area (Å²) in [5.74, 6) is 0.668. The maximum atomic E-state index is 14.0. The highest BCUT2D eigenvalue weighted by molar-refractivity contribution is 5.69. The topological polar surface area (TPSA) is 123 Å². The van der Waals surface area contributed by atoms with Crippen LogP contribution in [0.5, 0.6) is 11.5 Å². The third-order valence-electron chi connectivity index (χ3n) is 4.85. The molecule has 10 nitrogen and oxygen atoms in total. The van der Waals surface area contributed by atoms with E-state index in [9.17, 15) is 4.39 Å². The Bertz CT molecular complexity index is 1330. The van der Waals surface area contributed by atoms with Crippen LogP contribution in [0.15, 0.2) is 48.7 Å². The molecule has 0 saturated carbocycles. The van der Waals surface area contributed by atoms with Crippen LogP contribution >= 0.6 is 0 Å². The highest BCUT2D eigenvalue weighted by Gasteiger charge is 2.36. The molecule has 0 aliphatic carbocycles. The van der Waals surface area contributed by atoms with Gasteiger partial charge < -0.3 is 19.9 Å². The van der Waals surface area contributed by atoms with Gasteiger partial charge in [-0.2, -0.15) is 4.39 Å². The molecule has 5 rings (SSSR count). The number of hydrogen-bond acceptors (Lipinski definition) is 9. The average molecular weight is 449 g/mol. The molecule has 33 heavy (non-hydrogen) atoms. The summed E-state index contributed by atoms with van der Waals surface area (Å²) in [4.78, 5) is 13.1. The molecule has 1 aliphatic heterocycles. The lowest BCUT2D eigenvalue weighted by Gasteiger charge is -2.10. The second kappa shape index (κ2) is 8.10. The molecule has 2 N–H and O–H groups in total. The van der Waals surface area contributed by atoms with E-state index in [2.05, 4.69) is 25.3 Å². The van der Waals surface area contributed by atoms with Crippen LogP contribution in [0, 0.1) is 0 Å². The van der Waals surface area contributed by atoms with Gasteiger partial charge in [0.05, 0.1) is 42.1 Å². The quantitative estimate of drug-likeness (QED) is 0.473. The molecule has 0 bridgehead atoms. The SMILES string of the molecule is COCc1cccc(Cn2cc(-c3cc(-c4ccc5c(c4)OC(C)(F)O5)nc(N)n3)nn2)n1. The predicted molar refractivity (Wildman–Crippen MR) is 116 cm³/mol. The maximum absolute atomic E-state index is 14.0. The molecule has 168 valence electrons. The van der Waals surface area contributed by atoms with Crippen LogP contribution in [0.3, 0.4) is 0 Å². The molecular formula is C22H20FN7O3. The first-order valence-electron chi connectivity index (χ1n) is 10.1. The van der Waals surface area contributed by atoms with E-state index in [0.29, 0.717) is 41.5 Å². The molecular weight excluding hydrogens is 429 g/mol. The number of nitrogens with two attached hydrogens (primary N) is 1. The first kappa shape index (κ1) is 20.8. The number of nitrogens with zero attached hydrogens (tertiary/aromatic N) is 6. The Morgan fingerprint density at radius 3 is 2.64 bits per heavy atom. The Morgan fingerprint density at radius 1 is 1.00 bits per heavy atom. The number of ether oxygens (including phenoxy) is 3. The van der Waals surface area contributed by atoms with Gasteiger partial charge in [-0.1, -0.05) is 11.3 Å². The van der Waals surface area contributed by atoms with Crippen LogP contribution in [0.2, 0.25) is 0 Å². The Morgan fingerprint density at radius 2 is 1.79 bits per heavy atom. The number of nitrogen functional groups attached to an aromatic ring is 1. The molecule has 4 heterocycles. The third kappa shape index (κ3) is 4.44. The van der Waals surface area contributed by atoms with Crippen LogP contribution in [0.4, 0.5) is 10.3 Å². The van der Waals surface area contributed by atoms with Crippen molar-refractivity contribution < 1.29 is 18.6 Å². The monoisotopic (exact) mass is 449 g/mol. The van der Waals surface area contributed by atoms with E-state index >= 15 is 0 Å². The molecule has 1 atom stereocenters. The van der Waals surface area contributed by atoms with Gasteiger partial charge in [0.2, 0.25) is 5.95 Å². The number of rotatable bonds is 6. The van der Waals surface area contributed by atoms with Crippen LogP contribution in [0.25, 0.3) is 22.6 Å². The number of fused-ring (bicyclic) bond motifs is 1. The number of alkyl halides is 1. The number of methoxy groups -OCH3 is 1. The van der Waals surface area contributed by atoms with Gasteiger partial charge in [0.1, 0.15) is 5.69 Å². The van der Waals surface area contributed by atoms with Gasteiger partial charge in [-0.05, 0) is 36.4 Å². The van der Waals surface area contributed by atoms with Gasteiger partial charge in [0.25, 0.3) is 0 Å². The molecule has 0 spiro atoms. The van der Waals surface area contributed by atoms with E-state index in [0.717, 1.165) is 11.4 Å². The predicted octanol–water partition coefficient (Wildman–Crippen LogP) is 2.99. The fourth-order valence-electron chi connectivity index (χ4n) is 3.49. The standard InChI is InChI=1S/C22H20FN7O3/c1-22(23)32-19-7-6-13(8-20(19)33-22)16-9-17(27-21(24)26-16)18-11-30(29-28-18)10-14-4-3-5-15(25-14)12-31-2/h3-9,11H,10,12H2,1-2H3,(H2,24,26,27). The van der Waals surface area contributed by atoms with Crippen molar-refractivity contribution in [2.75, 3.05) is 12.8 Å². The van der Waals surface area contributed by atoms with Crippen molar-refractivity contribution in [3.63, 3.8) is 0 Å². The first-order valence-corrected chi connectivity index (χ1v) is 10.1. The molecule has 11 heteroatoms. The largest absolute Gasteiger partial charge is 0.423 e. The summed E-state index contributed by atoms with van der Waals surface area (Å²) in [5.41, 5.74) is 9.82. The van der Waals surface area contributed by atoms with E-state index in [4.69, 9.17) is 19.9 Å². The second-order valence-corrected chi connectivity index (χ2v) is 7.55.